The molecular formula is C10H18. The van der Waals surface area contributed by atoms with Gasteiger partial charge in [-0.15, -0.1) is 0 Å². The minimum absolute atomic E-state index is 0.677. The molecule has 0 heteroatoms. The van der Waals surface area contributed by atoms with E-state index in [0.717, 1.165) is 6.42 Å². The molecule has 0 saturated heterocycles. The Bertz CT molecular complexity index is 120. The zero-order valence-corrected chi connectivity index (χ0v) is 7.35. The van der Waals surface area contributed by atoms with E-state index in [-0.39, 0.29) is 0 Å². The van der Waals surface area contributed by atoms with Gasteiger partial charge in [-0.3, -0.25) is 0 Å². The van der Waals surface area contributed by atoms with Gasteiger partial charge >= 0.3 is 0 Å². The van der Waals surface area contributed by atoms with Crippen LogP contribution >= 0.6 is 0 Å². The van der Waals surface area contributed by atoms with Crippen LogP contribution in [0, 0.1) is 5.92 Å². The van der Waals surface area contributed by atoms with Crippen LogP contribution < -0.4 is 0 Å². The van der Waals surface area contributed by atoms with Crippen LogP contribution in [0.3, 0.4) is 0 Å². The summed E-state index contributed by atoms with van der Waals surface area (Å²) >= 11 is 0. The molecule has 0 N–H and O–H groups in total. The van der Waals surface area contributed by atoms with Crippen molar-refractivity contribution < 1.29 is 0 Å². The molecule has 10 heavy (non-hydrogen) atoms. The first-order valence-electron chi connectivity index (χ1n) is 4.01. The van der Waals surface area contributed by atoms with Gasteiger partial charge in [0.2, 0.25) is 0 Å². The molecule has 0 fully saturated rings. The minimum Gasteiger partial charge on any atom is -0.0993 e. The highest BCUT2D eigenvalue weighted by Gasteiger charge is 2.00. The largest absolute Gasteiger partial charge is 0.0993 e. The molecule has 0 aliphatic carbocycles. The van der Waals surface area contributed by atoms with Crippen molar-refractivity contribution >= 4 is 0 Å². The zero-order chi connectivity index (χ0) is 7.98. The molecule has 0 rings (SSSR count). The molecule has 0 aromatic heterocycles. The van der Waals surface area contributed by atoms with Crippen molar-refractivity contribution in [2.24, 2.45) is 5.92 Å². The standard InChI is InChI=1S/C10H18/c1-5-7-8-10(4)9(3)6-2/h5,7,9H,4,6,8H2,1-3H3/b7-5+. The van der Waals surface area contributed by atoms with E-state index in [1.54, 1.807) is 0 Å². The molecular weight excluding hydrogens is 120 g/mol. The van der Waals surface area contributed by atoms with Gasteiger partial charge in [-0.1, -0.05) is 38.2 Å². The maximum absolute atomic E-state index is 4.01. The van der Waals surface area contributed by atoms with Gasteiger partial charge in [0.1, 0.15) is 0 Å². The fourth-order valence-electron chi connectivity index (χ4n) is 0.759. The Morgan fingerprint density at radius 2 is 2.20 bits per heavy atom. The maximum atomic E-state index is 4.01. The Kier molecular flexibility index (Phi) is 5.00. The van der Waals surface area contributed by atoms with Crippen molar-refractivity contribution in [1.29, 1.82) is 0 Å². The summed E-state index contributed by atoms with van der Waals surface area (Å²) in [6.45, 7) is 10.5. The van der Waals surface area contributed by atoms with Crippen LogP contribution in [0.25, 0.3) is 0 Å². The average molecular weight is 138 g/mol. The molecule has 0 aromatic carbocycles. The zero-order valence-electron chi connectivity index (χ0n) is 7.35. The average Bonchev–Trinajstić information content (AvgIpc) is 1.98. The summed E-state index contributed by atoms with van der Waals surface area (Å²) in [6, 6.07) is 0. The minimum atomic E-state index is 0.677. The summed E-state index contributed by atoms with van der Waals surface area (Å²) in [5, 5.41) is 0. The fraction of sp³-hybridized carbons (Fsp3) is 0.600. The molecule has 0 heterocycles. The van der Waals surface area contributed by atoms with E-state index in [1.807, 2.05) is 6.92 Å². The fourth-order valence-corrected chi connectivity index (χ4v) is 0.759. The van der Waals surface area contributed by atoms with Crippen molar-refractivity contribution in [3.05, 3.63) is 24.3 Å². The lowest BCUT2D eigenvalue weighted by Crippen LogP contribution is -1.94. The summed E-state index contributed by atoms with van der Waals surface area (Å²) in [6.07, 6.45) is 6.49. The number of rotatable bonds is 4. The van der Waals surface area contributed by atoms with Crippen molar-refractivity contribution in [2.45, 2.75) is 33.6 Å². The molecule has 0 aromatic rings. The molecule has 1 unspecified atom stereocenters. The van der Waals surface area contributed by atoms with Gasteiger partial charge in [-0.2, -0.15) is 0 Å². The summed E-state index contributed by atoms with van der Waals surface area (Å²) < 4.78 is 0. The number of allylic oxidation sites excluding steroid dienone is 3. The first-order valence-corrected chi connectivity index (χ1v) is 4.01. The number of hydrogen-bond acceptors (Lipinski definition) is 0. The van der Waals surface area contributed by atoms with Crippen molar-refractivity contribution in [3.8, 4) is 0 Å². The molecule has 0 radical (unpaired) electrons. The van der Waals surface area contributed by atoms with Gasteiger partial charge in [-0.25, -0.2) is 0 Å². The van der Waals surface area contributed by atoms with Crippen LogP contribution in [-0.2, 0) is 0 Å². The van der Waals surface area contributed by atoms with Crippen LogP contribution in [-0.4, -0.2) is 0 Å². The van der Waals surface area contributed by atoms with Crippen LogP contribution in [0.15, 0.2) is 24.3 Å². The molecule has 0 aliphatic rings. The normalized spacial score (nSPS) is 13.9. The highest BCUT2D eigenvalue weighted by molar-refractivity contribution is 5.04. The molecule has 0 nitrogen and oxygen atoms in total. The monoisotopic (exact) mass is 138 g/mol. The molecule has 0 amide bonds. The van der Waals surface area contributed by atoms with Crippen molar-refractivity contribution in [3.63, 3.8) is 0 Å². The van der Waals surface area contributed by atoms with E-state index in [4.69, 9.17) is 0 Å². The summed E-state index contributed by atoms with van der Waals surface area (Å²) in [7, 11) is 0. The lowest BCUT2D eigenvalue weighted by Gasteiger charge is -2.09. The SMILES string of the molecule is C=C(C/C=C/C)C(C)CC. The second-order valence-corrected chi connectivity index (χ2v) is 2.74. The third kappa shape index (κ3) is 3.49. The lowest BCUT2D eigenvalue weighted by molar-refractivity contribution is 0.645. The Morgan fingerprint density at radius 1 is 1.60 bits per heavy atom. The summed E-state index contributed by atoms with van der Waals surface area (Å²) in [4.78, 5) is 0. The molecule has 1 atom stereocenters. The maximum Gasteiger partial charge on any atom is -0.0139 e. The van der Waals surface area contributed by atoms with E-state index in [9.17, 15) is 0 Å². The van der Waals surface area contributed by atoms with Gasteiger partial charge < -0.3 is 0 Å². The van der Waals surface area contributed by atoms with Crippen LogP contribution in [0.2, 0.25) is 0 Å². The van der Waals surface area contributed by atoms with Crippen LogP contribution in [0.4, 0.5) is 0 Å². The Labute approximate surface area is 64.6 Å². The lowest BCUT2D eigenvalue weighted by atomic mass is 9.97. The predicted octanol–water partition coefficient (Wildman–Crippen LogP) is 3.55. The van der Waals surface area contributed by atoms with E-state index in [2.05, 4.69) is 32.6 Å². The van der Waals surface area contributed by atoms with Crippen molar-refractivity contribution in [2.75, 3.05) is 0 Å². The Morgan fingerprint density at radius 3 is 2.60 bits per heavy atom. The van der Waals surface area contributed by atoms with Gasteiger partial charge in [0.05, 0.1) is 0 Å². The molecule has 58 valence electrons. The quantitative estimate of drug-likeness (QED) is 0.521. The van der Waals surface area contributed by atoms with Crippen LogP contribution in [0.5, 0.6) is 0 Å². The highest BCUT2D eigenvalue weighted by Crippen LogP contribution is 2.15. The van der Waals surface area contributed by atoms with Gasteiger partial charge in [0, 0.05) is 0 Å². The second kappa shape index (κ2) is 5.28. The topological polar surface area (TPSA) is 0 Å². The van der Waals surface area contributed by atoms with Gasteiger partial charge in [0.25, 0.3) is 0 Å². The molecule has 0 bridgehead atoms. The highest BCUT2D eigenvalue weighted by atomic mass is 14.1. The van der Waals surface area contributed by atoms with Gasteiger partial charge in [0.15, 0.2) is 0 Å². The summed E-state index contributed by atoms with van der Waals surface area (Å²) in [5.74, 6) is 0.677. The van der Waals surface area contributed by atoms with Crippen LogP contribution in [0.1, 0.15) is 33.6 Å². The van der Waals surface area contributed by atoms with E-state index in [1.165, 1.54) is 12.0 Å². The molecule has 0 spiro atoms. The van der Waals surface area contributed by atoms with E-state index < -0.39 is 0 Å². The summed E-state index contributed by atoms with van der Waals surface area (Å²) in [5.41, 5.74) is 1.35. The van der Waals surface area contributed by atoms with E-state index >= 15 is 0 Å². The first kappa shape index (κ1) is 9.48. The Hall–Kier alpha value is -0.520. The smallest absolute Gasteiger partial charge is 0.0139 e. The van der Waals surface area contributed by atoms with Crippen molar-refractivity contribution in [1.82, 2.24) is 0 Å². The molecule has 0 aliphatic heterocycles. The third-order valence-corrected chi connectivity index (χ3v) is 1.93. The van der Waals surface area contributed by atoms with E-state index in [0.29, 0.717) is 5.92 Å². The second-order valence-electron chi connectivity index (χ2n) is 2.74. The predicted molar refractivity (Wildman–Crippen MR) is 48.0 cm³/mol. The van der Waals surface area contributed by atoms with Gasteiger partial charge in [-0.05, 0) is 25.7 Å². The Balaban J connectivity index is 3.62. The first-order chi connectivity index (χ1) is 4.72. The number of hydrogen-bond donors (Lipinski definition) is 0. The third-order valence-electron chi connectivity index (χ3n) is 1.93. The molecule has 0 saturated carbocycles.